The highest BCUT2D eigenvalue weighted by Gasteiger charge is 2.32. The zero-order valence-electron chi connectivity index (χ0n) is 18.2. The van der Waals surface area contributed by atoms with E-state index >= 15 is 0 Å². The van der Waals surface area contributed by atoms with Crippen molar-refractivity contribution in [3.63, 3.8) is 0 Å². The number of aromatic nitrogens is 2. The standard InChI is InChI=1S/C23H29Cl2N5O2/c1-15-21(23(32)29-9-5-17(6-10-29)30-11-7-18(31)13-30)27-14-28-22(15)26-8-4-16-2-3-19(24)20(25)12-16/h2-3,12,14,17-18,31H,4-11,13H2,1H3,(H,26,27,28)/t18-/m0/s1. The third-order valence-corrected chi connectivity index (χ3v) is 7.18. The molecule has 2 fully saturated rings. The summed E-state index contributed by atoms with van der Waals surface area (Å²) in [5.74, 6) is 0.627. The number of carbonyl (C=O) groups is 1. The van der Waals surface area contributed by atoms with Crippen molar-refractivity contribution < 1.29 is 9.90 Å². The van der Waals surface area contributed by atoms with E-state index < -0.39 is 0 Å². The van der Waals surface area contributed by atoms with Crippen LogP contribution in [0.25, 0.3) is 0 Å². The SMILES string of the molecule is Cc1c(NCCc2ccc(Cl)c(Cl)c2)ncnc1C(=O)N1CCC(N2CC[C@H](O)C2)CC1. The summed E-state index contributed by atoms with van der Waals surface area (Å²) in [6.07, 6.45) is 4.69. The largest absolute Gasteiger partial charge is 0.392 e. The van der Waals surface area contributed by atoms with Crippen LogP contribution >= 0.6 is 23.2 Å². The smallest absolute Gasteiger partial charge is 0.272 e. The van der Waals surface area contributed by atoms with Crippen LogP contribution in [0.3, 0.4) is 0 Å². The highest BCUT2D eigenvalue weighted by Crippen LogP contribution is 2.25. The summed E-state index contributed by atoms with van der Waals surface area (Å²) < 4.78 is 0. The highest BCUT2D eigenvalue weighted by atomic mass is 35.5. The molecule has 0 saturated carbocycles. The number of aliphatic hydroxyl groups excluding tert-OH is 1. The Morgan fingerprint density at radius 1 is 1.16 bits per heavy atom. The van der Waals surface area contributed by atoms with Gasteiger partial charge in [-0.2, -0.15) is 0 Å². The van der Waals surface area contributed by atoms with Crippen LogP contribution in [0.5, 0.6) is 0 Å². The second-order valence-electron chi connectivity index (χ2n) is 8.58. The van der Waals surface area contributed by atoms with Crippen LogP contribution in [0, 0.1) is 6.92 Å². The normalized spacial score (nSPS) is 20.0. The Morgan fingerprint density at radius 3 is 2.62 bits per heavy atom. The van der Waals surface area contributed by atoms with Gasteiger partial charge in [-0.1, -0.05) is 29.3 Å². The molecule has 2 N–H and O–H groups in total. The summed E-state index contributed by atoms with van der Waals surface area (Å²) >= 11 is 12.1. The lowest BCUT2D eigenvalue weighted by Crippen LogP contribution is -2.46. The Bertz CT molecular complexity index is 965. The Hall–Kier alpha value is -1.93. The number of hydrogen-bond acceptors (Lipinski definition) is 6. The molecule has 0 bridgehead atoms. The first-order valence-electron chi connectivity index (χ1n) is 11.1. The molecule has 2 aliphatic heterocycles. The molecule has 172 valence electrons. The predicted molar refractivity (Wildman–Crippen MR) is 127 cm³/mol. The number of halogens is 2. The number of nitrogens with one attached hydrogen (secondary N) is 1. The van der Waals surface area contributed by atoms with Crippen molar-refractivity contribution in [2.75, 3.05) is 38.0 Å². The molecule has 2 aliphatic rings. The molecule has 2 saturated heterocycles. The Kier molecular flexibility index (Phi) is 7.51. The molecule has 32 heavy (non-hydrogen) atoms. The van der Waals surface area contributed by atoms with Crippen molar-refractivity contribution in [3.05, 3.63) is 51.4 Å². The second-order valence-corrected chi connectivity index (χ2v) is 9.40. The zero-order valence-corrected chi connectivity index (χ0v) is 19.7. The van der Waals surface area contributed by atoms with Gasteiger partial charge in [0.25, 0.3) is 5.91 Å². The predicted octanol–water partition coefficient (Wildman–Crippen LogP) is 3.42. The maximum atomic E-state index is 13.1. The van der Waals surface area contributed by atoms with Crippen LogP contribution < -0.4 is 5.32 Å². The number of amides is 1. The van der Waals surface area contributed by atoms with Gasteiger partial charge in [-0.05, 0) is 50.3 Å². The average molecular weight is 478 g/mol. The van der Waals surface area contributed by atoms with Crippen molar-refractivity contribution in [1.29, 1.82) is 0 Å². The molecule has 2 aromatic rings. The van der Waals surface area contributed by atoms with Gasteiger partial charge in [0, 0.05) is 44.3 Å². The number of hydrogen-bond donors (Lipinski definition) is 2. The fourth-order valence-corrected chi connectivity index (χ4v) is 4.87. The maximum absolute atomic E-state index is 13.1. The molecular weight excluding hydrogens is 449 g/mol. The van der Waals surface area contributed by atoms with E-state index in [-0.39, 0.29) is 12.0 Å². The summed E-state index contributed by atoms with van der Waals surface area (Å²) in [5, 5.41) is 14.2. The Balaban J connectivity index is 1.33. The van der Waals surface area contributed by atoms with E-state index in [0.29, 0.717) is 47.2 Å². The van der Waals surface area contributed by atoms with Crippen molar-refractivity contribution in [2.45, 2.75) is 44.8 Å². The van der Waals surface area contributed by atoms with Gasteiger partial charge in [-0.25, -0.2) is 9.97 Å². The van der Waals surface area contributed by atoms with Gasteiger partial charge in [-0.3, -0.25) is 9.69 Å². The zero-order chi connectivity index (χ0) is 22.7. The molecule has 0 unspecified atom stereocenters. The minimum atomic E-state index is -0.207. The second kappa shape index (κ2) is 10.3. The summed E-state index contributed by atoms with van der Waals surface area (Å²) in [6, 6.07) is 6.05. The molecule has 1 aromatic carbocycles. The van der Waals surface area contributed by atoms with Gasteiger partial charge in [0.2, 0.25) is 0 Å². The van der Waals surface area contributed by atoms with E-state index in [9.17, 15) is 9.90 Å². The first-order chi connectivity index (χ1) is 15.4. The molecular formula is C23H29Cl2N5O2. The molecule has 3 heterocycles. The first kappa shape index (κ1) is 23.2. The molecule has 1 aromatic heterocycles. The lowest BCUT2D eigenvalue weighted by Gasteiger charge is -2.36. The minimum Gasteiger partial charge on any atom is -0.392 e. The highest BCUT2D eigenvalue weighted by molar-refractivity contribution is 6.42. The number of carbonyl (C=O) groups excluding carboxylic acids is 1. The molecule has 9 heteroatoms. The number of likely N-dealkylation sites (tertiary alicyclic amines) is 2. The molecule has 1 atom stereocenters. The van der Waals surface area contributed by atoms with Crippen LogP contribution in [0.4, 0.5) is 5.82 Å². The summed E-state index contributed by atoms with van der Waals surface area (Å²) in [5.41, 5.74) is 2.28. The van der Waals surface area contributed by atoms with Gasteiger partial charge in [0.1, 0.15) is 17.8 Å². The van der Waals surface area contributed by atoms with Crippen LogP contribution in [0.1, 0.15) is 40.9 Å². The minimum absolute atomic E-state index is 0.0441. The molecule has 1 amide bonds. The fourth-order valence-electron chi connectivity index (χ4n) is 4.55. The van der Waals surface area contributed by atoms with E-state index in [1.54, 1.807) is 6.07 Å². The summed E-state index contributed by atoms with van der Waals surface area (Å²) in [6.45, 7) is 5.64. The van der Waals surface area contributed by atoms with Crippen molar-refractivity contribution >= 4 is 34.9 Å². The topological polar surface area (TPSA) is 81.6 Å². The fraction of sp³-hybridized carbons (Fsp3) is 0.522. The van der Waals surface area contributed by atoms with Gasteiger partial charge >= 0.3 is 0 Å². The number of benzene rings is 1. The van der Waals surface area contributed by atoms with E-state index in [2.05, 4.69) is 20.2 Å². The number of piperidine rings is 1. The maximum Gasteiger partial charge on any atom is 0.272 e. The lowest BCUT2D eigenvalue weighted by atomic mass is 10.0. The average Bonchev–Trinajstić information content (AvgIpc) is 3.23. The van der Waals surface area contributed by atoms with Gasteiger partial charge in [0.15, 0.2) is 0 Å². The molecule has 0 radical (unpaired) electrons. The molecule has 0 aliphatic carbocycles. The van der Waals surface area contributed by atoms with Crippen LogP contribution in [0.15, 0.2) is 24.5 Å². The summed E-state index contributed by atoms with van der Waals surface area (Å²) in [4.78, 5) is 26.0. The molecule has 0 spiro atoms. The summed E-state index contributed by atoms with van der Waals surface area (Å²) in [7, 11) is 0. The van der Waals surface area contributed by atoms with Crippen molar-refractivity contribution in [3.8, 4) is 0 Å². The Labute approximate surface area is 198 Å². The quantitative estimate of drug-likeness (QED) is 0.663. The van der Waals surface area contributed by atoms with E-state index in [0.717, 1.165) is 49.9 Å². The van der Waals surface area contributed by atoms with Crippen molar-refractivity contribution in [1.82, 2.24) is 19.8 Å². The number of rotatable bonds is 6. The van der Waals surface area contributed by atoms with Crippen LogP contribution in [-0.4, -0.2) is 75.7 Å². The van der Waals surface area contributed by atoms with E-state index in [1.165, 1.54) is 6.33 Å². The van der Waals surface area contributed by atoms with Crippen LogP contribution in [-0.2, 0) is 6.42 Å². The van der Waals surface area contributed by atoms with Gasteiger partial charge in [-0.15, -0.1) is 0 Å². The van der Waals surface area contributed by atoms with E-state index in [1.807, 2.05) is 24.0 Å². The Morgan fingerprint density at radius 2 is 1.94 bits per heavy atom. The number of anilines is 1. The lowest BCUT2D eigenvalue weighted by molar-refractivity contribution is 0.0621. The molecule has 4 rings (SSSR count). The number of β-amino-alcohol motifs (C(OH)–C–C–N with tert-alkyl or cyclic N) is 1. The van der Waals surface area contributed by atoms with Crippen LogP contribution in [0.2, 0.25) is 10.0 Å². The third kappa shape index (κ3) is 5.34. The first-order valence-corrected chi connectivity index (χ1v) is 11.9. The molecule has 7 nitrogen and oxygen atoms in total. The third-order valence-electron chi connectivity index (χ3n) is 6.44. The van der Waals surface area contributed by atoms with Gasteiger partial charge in [0.05, 0.1) is 16.1 Å². The number of nitrogens with zero attached hydrogens (tertiary/aromatic N) is 4. The van der Waals surface area contributed by atoms with Crippen molar-refractivity contribution in [2.24, 2.45) is 0 Å². The van der Waals surface area contributed by atoms with E-state index in [4.69, 9.17) is 23.2 Å². The monoisotopic (exact) mass is 477 g/mol. The van der Waals surface area contributed by atoms with Gasteiger partial charge < -0.3 is 15.3 Å². The number of aliphatic hydroxyl groups is 1.